The van der Waals surface area contributed by atoms with Gasteiger partial charge in [0.05, 0.1) is 30.7 Å². The Labute approximate surface area is 178 Å². The first-order valence-electron chi connectivity index (χ1n) is 10.0. The van der Waals surface area contributed by atoms with E-state index in [-0.39, 0.29) is 5.69 Å². The van der Waals surface area contributed by atoms with Crippen molar-refractivity contribution in [3.8, 4) is 0 Å². The summed E-state index contributed by atoms with van der Waals surface area (Å²) in [6, 6.07) is 7.10. The van der Waals surface area contributed by atoms with Gasteiger partial charge in [-0.15, -0.1) is 0 Å². The van der Waals surface area contributed by atoms with Crippen molar-refractivity contribution >= 4 is 28.1 Å². The third kappa shape index (κ3) is 4.66. The molecule has 1 aliphatic rings. The summed E-state index contributed by atoms with van der Waals surface area (Å²) in [5.41, 5.74) is 8.56. The molecule has 0 bridgehead atoms. The summed E-state index contributed by atoms with van der Waals surface area (Å²) in [5, 5.41) is 4.14. The summed E-state index contributed by atoms with van der Waals surface area (Å²) in [5.74, 6) is 0. The zero-order valence-corrected chi connectivity index (χ0v) is 17.3. The Kier molecular flexibility index (Phi) is 5.62. The Hall–Kier alpha value is -3.07. The number of nitrogens with two attached hydrogens (primary N) is 1. The number of alkyl halides is 3. The number of hydrogen-bond acceptors (Lipinski definition) is 6. The molecule has 0 spiro atoms. The van der Waals surface area contributed by atoms with Gasteiger partial charge in [0.2, 0.25) is 0 Å². The molecule has 9 heteroatoms. The molecule has 1 saturated heterocycles. The van der Waals surface area contributed by atoms with Crippen LogP contribution in [0.5, 0.6) is 0 Å². The van der Waals surface area contributed by atoms with E-state index in [0.29, 0.717) is 24.4 Å². The summed E-state index contributed by atoms with van der Waals surface area (Å²) in [7, 11) is 0. The highest BCUT2D eigenvalue weighted by atomic mass is 19.4. The average Bonchev–Trinajstić information content (AvgIpc) is 2.73. The lowest BCUT2D eigenvalue weighted by Gasteiger charge is -2.29. The van der Waals surface area contributed by atoms with Gasteiger partial charge in [0.15, 0.2) is 5.65 Å². The number of fused-ring (bicyclic) bond motifs is 1. The van der Waals surface area contributed by atoms with E-state index in [1.165, 1.54) is 0 Å². The lowest BCUT2D eigenvalue weighted by molar-refractivity contribution is -0.137. The maximum Gasteiger partial charge on any atom is 0.416 e. The van der Waals surface area contributed by atoms with Crippen molar-refractivity contribution in [3.63, 3.8) is 0 Å². The molecule has 31 heavy (non-hydrogen) atoms. The fourth-order valence-corrected chi connectivity index (χ4v) is 3.74. The molecule has 0 unspecified atom stereocenters. The monoisotopic (exact) mass is 431 g/mol. The largest absolute Gasteiger partial charge is 0.416 e. The Balaban J connectivity index is 1.69. The van der Waals surface area contributed by atoms with E-state index in [2.05, 4.69) is 20.2 Å². The summed E-state index contributed by atoms with van der Waals surface area (Å²) in [4.78, 5) is 11.2. The van der Waals surface area contributed by atoms with Crippen LogP contribution in [0, 0.1) is 6.92 Å². The van der Waals surface area contributed by atoms with E-state index in [4.69, 9.17) is 10.5 Å². The summed E-state index contributed by atoms with van der Waals surface area (Å²) < 4.78 is 45.1. The van der Waals surface area contributed by atoms with Crippen molar-refractivity contribution in [1.29, 1.82) is 0 Å². The first-order chi connectivity index (χ1) is 14.7. The lowest BCUT2D eigenvalue weighted by atomic mass is 10.0. The number of morpholine rings is 1. The molecule has 2 aromatic heterocycles. The highest BCUT2D eigenvalue weighted by molar-refractivity contribution is 5.91. The molecule has 0 saturated carbocycles. The molecule has 0 aliphatic carbocycles. The first-order valence-corrected chi connectivity index (χ1v) is 10.0. The Morgan fingerprint density at radius 3 is 2.58 bits per heavy atom. The van der Waals surface area contributed by atoms with Crippen LogP contribution in [0.2, 0.25) is 0 Å². The summed E-state index contributed by atoms with van der Waals surface area (Å²) in [6.07, 6.45) is -2.67. The molecule has 6 nitrogen and oxygen atoms in total. The van der Waals surface area contributed by atoms with Crippen LogP contribution >= 0.6 is 0 Å². The number of halogens is 3. The maximum absolute atomic E-state index is 13.2. The van der Waals surface area contributed by atoms with Crippen LogP contribution in [0.3, 0.4) is 0 Å². The number of nitrogens with one attached hydrogen (secondary N) is 1. The molecule has 1 fully saturated rings. The summed E-state index contributed by atoms with van der Waals surface area (Å²) in [6.45, 7) is 6.52. The highest BCUT2D eigenvalue weighted by Gasteiger charge is 2.31. The Morgan fingerprint density at radius 1 is 1.13 bits per heavy atom. The lowest BCUT2D eigenvalue weighted by Crippen LogP contribution is -2.36. The van der Waals surface area contributed by atoms with Crippen molar-refractivity contribution in [2.45, 2.75) is 26.1 Å². The number of anilines is 3. The second-order valence-electron chi connectivity index (χ2n) is 7.73. The van der Waals surface area contributed by atoms with Crippen molar-refractivity contribution in [2.75, 3.05) is 42.3 Å². The molecule has 1 atom stereocenters. The van der Waals surface area contributed by atoms with Gasteiger partial charge in [-0.05, 0) is 49.7 Å². The van der Waals surface area contributed by atoms with Crippen LogP contribution in [0.1, 0.15) is 29.8 Å². The van der Waals surface area contributed by atoms with E-state index in [1.54, 1.807) is 19.2 Å². The van der Waals surface area contributed by atoms with Crippen LogP contribution in [-0.4, -0.2) is 36.3 Å². The molecule has 4 rings (SSSR count). The van der Waals surface area contributed by atoms with E-state index in [1.807, 2.05) is 19.1 Å². The van der Waals surface area contributed by atoms with E-state index >= 15 is 0 Å². The zero-order chi connectivity index (χ0) is 22.2. The molecular formula is C22H24F3N5O. The Bertz CT molecular complexity index is 1100. The number of nitrogens with zero attached hydrogens (tertiary/aromatic N) is 3. The van der Waals surface area contributed by atoms with Gasteiger partial charge in [-0.3, -0.25) is 0 Å². The van der Waals surface area contributed by atoms with Gasteiger partial charge in [0.25, 0.3) is 0 Å². The van der Waals surface area contributed by atoms with Crippen molar-refractivity contribution in [1.82, 2.24) is 9.97 Å². The minimum absolute atomic E-state index is 0.0745. The number of aryl methyl sites for hydroxylation is 1. The number of aromatic nitrogens is 2. The predicted molar refractivity (Wildman–Crippen MR) is 115 cm³/mol. The highest BCUT2D eigenvalue weighted by Crippen LogP contribution is 2.34. The second-order valence-corrected chi connectivity index (χ2v) is 7.73. The normalized spacial score (nSPS) is 15.8. The van der Waals surface area contributed by atoms with Crippen molar-refractivity contribution in [2.24, 2.45) is 0 Å². The molecule has 164 valence electrons. The molecule has 3 N–H and O–H groups in total. The van der Waals surface area contributed by atoms with Crippen LogP contribution in [0.4, 0.5) is 30.2 Å². The van der Waals surface area contributed by atoms with Gasteiger partial charge in [-0.1, -0.05) is 0 Å². The van der Waals surface area contributed by atoms with Gasteiger partial charge >= 0.3 is 6.18 Å². The number of ether oxygens (including phenoxy) is 1. The number of nitrogen functional groups attached to an aromatic ring is 1. The van der Waals surface area contributed by atoms with Gasteiger partial charge in [-0.25, -0.2) is 9.97 Å². The van der Waals surface area contributed by atoms with Gasteiger partial charge < -0.3 is 20.7 Å². The van der Waals surface area contributed by atoms with Crippen LogP contribution in [-0.2, 0) is 10.9 Å². The van der Waals surface area contributed by atoms with E-state index < -0.39 is 17.8 Å². The predicted octanol–water partition coefficient (Wildman–Crippen LogP) is 4.55. The van der Waals surface area contributed by atoms with Crippen LogP contribution in [0.25, 0.3) is 11.0 Å². The van der Waals surface area contributed by atoms with Gasteiger partial charge in [-0.2, -0.15) is 13.2 Å². The molecule has 3 heterocycles. The fraction of sp³-hybridized carbons (Fsp3) is 0.364. The smallest absolute Gasteiger partial charge is 0.399 e. The van der Waals surface area contributed by atoms with E-state index in [0.717, 1.165) is 47.7 Å². The third-order valence-electron chi connectivity index (χ3n) is 5.33. The fourth-order valence-electron chi connectivity index (χ4n) is 3.74. The quantitative estimate of drug-likeness (QED) is 0.591. The number of rotatable bonds is 4. The number of pyridine rings is 2. The second kappa shape index (κ2) is 8.22. The number of hydrogen-bond donors (Lipinski definition) is 2. The van der Waals surface area contributed by atoms with Crippen molar-refractivity contribution < 1.29 is 17.9 Å². The maximum atomic E-state index is 13.2. The van der Waals surface area contributed by atoms with Crippen molar-refractivity contribution in [3.05, 3.63) is 53.3 Å². The standard InChI is InChI=1S/C22H24F3N5O/c1-13-7-20(29-14(2)15-8-16(22(23,24)25)10-17(26)9-15)19-11-18(12-27-21(19)28-13)30-3-5-31-6-4-30/h7-12,14H,3-6,26H2,1-2H3,(H,27,28,29)/t14-/m1/s1. The van der Waals surface area contributed by atoms with Crippen LogP contribution < -0.4 is 16.0 Å². The molecule has 1 aliphatic heterocycles. The number of benzene rings is 1. The first kappa shape index (κ1) is 21.2. The minimum atomic E-state index is -4.46. The molecule has 3 aromatic rings. The Morgan fingerprint density at radius 2 is 1.87 bits per heavy atom. The SMILES string of the molecule is Cc1cc(N[C@H](C)c2cc(N)cc(C(F)(F)F)c2)c2cc(N3CCOCC3)cnc2n1. The van der Waals surface area contributed by atoms with Crippen LogP contribution in [0.15, 0.2) is 36.5 Å². The molecule has 1 aromatic carbocycles. The van der Waals surface area contributed by atoms with E-state index in [9.17, 15) is 13.2 Å². The molecule has 0 radical (unpaired) electrons. The van der Waals surface area contributed by atoms with Gasteiger partial charge in [0.1, 0.15) is 0 Å². The topological polar surface area (TPSA) is 76.3 Å². The summed E-state index contributed by atoms with van der Waals surface area (Å²) >= 11 is 0. The van der Waals surface area contributed by atoms with Gasteiger partial charge in [0, 0.05) is 41.6 Å². The third-order valence-corrected chi connectivity index (χ3v) is 5.33. The minimum Gasteiger partial charge on any atom is -0.399 e. The molecule has 0 amide bonds. The average molecular weight is 431 g/mol. The molecular weight excluding hydrogens is 407 g/mol. The zero-order valence-electron chi connectivity index (χ0n) is 17.3.